The van der Waals surface area contributed by atoms with Crippen LogP contribution in [0.5, 0.6) is 0 Å². The van der Waals surface area contributed by atoms with Crippen LogP contribution in [0.1, 0.15) is 18.3 Å². The van der Waals surface area contributed by atoms with E-state index in [1.165, 1.54) is 0 Å². The minimum Gasteiger partial charge on any atom is -0.370 e. The second-order valence-corrected chi connectivity index (χ2v) is 8.57. The number of nitrogens with one attached hydrogen (secondary N) is 3. The van der Waals surface area contributed by atoms with E-state index in [0.29, 0.717) is 27.9 Å². The van der Waals surface area contributed by atoms with Crippen LogP contribution in [0.4, 0.5) is 23.0 Å². The van der Waals surface area contributed by atoms with Crippen LogP contribution in [0.2, 0.25) is 5.02 Å². The van der Waals surface area contributed by atoms with Crippen molar-refractivity contribution in [1.29, 1.82) is 0 Å². The predicted octanol–water partition coefficient (Wildman–Crippen LogP) is 4.56. The number of aromatic nitrogens is 2. The van der Waals surface area contributed by atoms with Crippen LogP contribution < -0.4 is 15.4 Å². The van der Waals surface area contributed by atoms with E-state index in [9.17, 15) is 8.42 Å². The Balaban J connectivity index is 1.67. The van der Waals surface area contributed by atoms with Gasteiger partial charge in [0.05, 0.1) is 5.75 Å². The number of rotatable bonds is 8. The highest BCUT2D eigenvalue weighted by Crippen LogP contribution is 2.21. The molecule has 0 amide bonds. The van der Waals surface area contributed by atoms with Crippen LogP contribution in [-0.4, -0.2) is 24.9 Å². The molecule has 1 heterocycles. The maximum absolute atomic E-state index is 12.4. The van der Waals surface area contributed by atoms with Crippen molar-refractivity contribution in [2.75, 3.05) is 21.9 Å². The molecule has 0 radical (unpaired) electrons. The molecular formula is C20H22ClN5O2S. The standard InChI is InChI=1S/C20H22ClN5O2S/c1-3-22-19-12-20(24-14(2)23-19)25-17-7-9-18(10-8-17)26-29(27,28)13-15-5-4-6-16(21)11-15/h4-12,26H,3,13H2,1-2H3,(H2,22,23,24,25). The van der Waals surface area contributed by atoms with Crippen LogP contribution in [0.3, 0.4) is 0 Å². The summed E-state index contributed by atoms with van der Waals surface area (Å²) < 4.78 is 27.4. The van der Waals surface area contributed by atoms with Gasteiger partial charge < -0.3 is 10.6 Å². The molecule has 0 aliphatic carbocycles. The molecule has 0 spiro atoms. The first-order chi connectivity index (χ1) is 13.8. The Morgan fingerprint density at radius 2 is 1.66 bits per heavy atom. The quantitative estimate of drug-likeness (QED) is 0.484. The highest BCUT2D eigenvalue weighted by atomic mass is 35.5. The van der Waals surface area contributed by atoms with Gasteiger partial charge in [0.2, 0.25) is 10.0 Å². The Kier molecular flexibility index (Phi) is 6.56. The Hall–Kier alpha value is -2.84. The van der Waals surface area contributed by atoms with E-state index in [2.05, 4.69) is 25.3 Å². The molecule has 0 saturated carbocycles. The van der Waals surface area contributed by atoms with E-state index in [-0.39, 0.29) is 5.75 Å². The maximum Gasteiger partial charge on any atom is 0.236 e. The third-order valence-electron chi connectivity index (χ3n) is 3.87. The van der Waals surface area contributed by atoms with Crippen LogP contribution in [0, 0.1) is 6.92 Å². The predicted molar refractivity (Wildman–Crippen MR) is 118 cm³/mol. The molecule has 2 aromatic carbocycles. The van der Waals surface area contributed by atoms with Crippen molar-refractivity contribution in [3.8, 4) is 0 Å². The average molecular weight is 432 g/mol. The molecule has 3 N–H and O–H groups in total. The zero-order chi connectivity index (χ0) is 20.9. The lowest BCUT2D eigenvalue weighted by Gasteiger charge is -2.11. The van der Waals surface area contributed by atoms with Gasteiger partial charge in [-0.1, -0.05) is 23.7 Å². The normalized spacial score (nSPS) is 11.1. The number of sulfonamides is 1. The fraction of sp³-hybridized carbons (Fsp3) is 0.200. The fourth-order valence-corrected chi connectivity index (χ4v) is 4.13. The molecule has 0 aliphatic heterocycles. The Morgan fingerprint density at radius 1 is 0.966 bits per heavy atom. The van der Waals surface area contributed by atoms with Gasteiger partial charge in [0.25, 0.3) is 0 Å². The Morgan fingerprint density at radius 3 is 2.34 bits per heavy atom. The Bertz CT molecular complexity index is 1090. The van der Waals surface area contributed by atoms with Crippen LogP contribution in [0.15, 0.2) is 54.6 Å². The van der Waals surface area contributed by atoms with Crippen LogP contribution in [0.25, 0.3) is 0 Å². The molecule has 1 aromatic heterocycles. The summed E-state index contributed by atoms with van der Waals surface area (Å²) in [7, 11) is -3.55. The van der Waals surface area contributed by atoms with Crippen molar-refractivity contribution in [3.63, 3.8) is 0 Å². The van der Waals surface area contributed by atoms with Gasteiger partial charge >= 0.3 is 0 Å². The summed E-state index contributed by atoms with van der Waals surface area (Å²) in [6.07, 6.45) is 0. The SMILES string of the molecule is CCNc1cc(Nc2ccc(NS(=O)(=O)Cc3cccc(Cl)c3)cc2)nc(C)n1. The van der Waals surface area contributed by atoms with E-state index in [0.717, 1.165) is 18.1 Å². The molecule has 29 heavy (non-hydrogen) atoms. The van der Waals surface area contributed by atoms with Gasteiger partial charge in [-0.15, -0.1) is 0 Å². The van der Waals surface area contributed by atoms with Gasteiger partial charge in [0.1, 0.15) is 17.5 Å². The third-order valence-corrected chi connectivity index (χ3v) is 5.37. The smallest absolute Gasteiger partial charge is 0.236 e. The van der Waals surface area contributed by atoms with Gasteiger partial charge in [-0.3, -0.25) is 4.72 Å². The third kappa shape index (κ3) is 6.33. The van der Waals surface area contributed by atoms with E-state index in [1.54, 1.807) is 48.5 Å². The first-order valence-corrected chi connectivity index (χ1v) is 11.1. The van der Waals surface area contributed by atoms with Crippen molar-refractivity contribution >= 4 is 44.6 Å². The molecule has 0 atom stereocenters. The first-order valence-electron chi connectivity index (χ1n) is 9.04. The summed E-state index contributed by atoms with van der Waals surface area (Å²) in [4.78, 5) is 8.67. The van der Waals surface area contributed by atoms with Crippen molar-refractivity contribution in [2.45, 2.75) is 19.6 Å². The van der Waals surface area contributed by atoms with E-state index in [4.69, 9.17) is 11.6 Å². The molecule has 7 nitrogen and oxygen atoms in total. The lowest BCUT2D eigenvalue weighted by atomic mass is 10.2. The molecule has 9 heteroatoms. The van der Waals surface area contributed by atoms with Crippen molar-refractivity contribution < 1.29 is 8.42 Å². The van der Waals surface area contributed by atoms with Gasteiger partial charge in [0, 0.05) is 29.0 Å². The number of nitrogens with zero attached hydrogens (tertiary/aromatic N) is 2. The zero-order valence-corrected chi connectivity index (χ0v) is 17.7. The molecule has 3 aromatic rings. The van der Waals surface area contributed by atoms with Crippen molar-refractivity contribution in [3.05, 3.63) is 71.0 Å². The average Bonchev–Trinajstić information content (AvgIpc) is 2.62. The van der Waals surface area contributed by atoms with E-state index in [1.807, 2.05) is 19.9 Å². The molecule has 0 bridgehead atoms. The first kappa shape index (κ1) is 20.9. The minimum absolute atomic E-state index is 0.152. The number of benzene rings is 2. The molecule has 152 valence electrons. The lowest BCUT2D eigenvalue weighted by molar-refractivity contribution is 0.600. The van der Waals surface area contributed by atoms with E-state index < -0.39 is 10.0 Å². The van der Waals surface area contributed by atoms with Crippen molar-refractivity contribution in [1.82, 2.24) is 9.97 Å². The van der Waals surface area contributed by atoms with Gasteiger partial charge in [0.15, 0.2) is 0 Å². The molecule has 0 aliphatic rings. The lowest BCUT2D eigenvalue weighted by Crippen LogP contribution is -2.15. The number of halogens is 1. The van der Waals surface area contributed by atoms with Gasteiger partial charge in [-0.25, -0.2) is 18.4 Å². The number of aryl methyl sites for hydroxylation is 1. The van der Waals surface area contributed by atoms with Crippen molar-refractivity contribution in [2.24, 2.45) is 0 Å². The summed E-state index contributed by atoms with van der Waals surface area (Å²) in [5, 5.41) is 6.86. The summed E-state index contributed by atoms with van der Waals surface area (Å²) >= 11 is 5.92. The number of hydrogen-bond donors (Lipinski definition) is 3. The minimum atomic E-state index is -3.55. The maximum atomic E-state index is 12.4. The highest BCUT2D eigenvalue weighted by molar-refractivity contribution is 7.91. The fourth-order valence-electron chi connectivity index (χ4n) is 2.73. The second-order valence-electron chi connectivity index (χ2n) is 6.41. The summed E-state index contributed by atoms with van der Waals surface area (Å²) in [5.41, 5.74) is 1.88. The molecule has 0 fully saturated rings. The zero-order valence-electron chi connectivity index (χ0n) is 16.1. The van der Waals surface area contributed by atoms with Gasteiger partial charge in [-0.05, 0) is 55.8 Å². The molecule has 0 saturated heterocycles. The van der Waals surface area contributed by atoms with E-state index >= 15 is 0 Å². The molecule has 3 rings (SSSR count). The molecular weight excluding hydrogens is 410 g/mol. The second kappa shape index (κ2) is 9.11. The summed E-state index contributed by atoms with van der Waals surface area (Å²) in [6, 6.07) is 15.6. The number of hydrogen-bond acceptors (Lipinski definition) is 6. The highest BCUT2D eigenvalue weighted by Gasteiger charge is 2.12. The Labute approximate surface area is 175 Å². The summed E-state index contributed by atoms with van der Waals surface area (Å²) in [5.74, 6) is 1.90. The van der Waals surface area contributed by atoms with Gasteiger partial charge in [-0.2, -0.15) is 0 Å². The van der Waals surface area contributed by atoms with Crippen LogP contribution in [-0.2, 0) is 15.8 Å². The topological polar surface area (TPSA) is 96.0 Å². The largest absolute Gasteiger partial charge is 0.370 e. The van der Waals surface area contributed by atoms with Crippen LogP contribution >= 0.6 is 11.6 Å². The monoisotopic (exact) mass is 431 g/mol. The number of anilines is 4. The summed E-state index contributed by atoms with van der Waals surface area (Å²) in [6.45, 7) is 4.58. The molecule has 0 unspecified atom stereocenters.